The molecule has 3 aromatic heterocycles. The van der Waals surface area contributed by atoms with E-state index < -0.39 is 0 Å². The second-order valence-corrected chi connectivity index (χ2v) is 9.39. The summed E-state index contributed by atoms with van der Waals surface area (Å²) < 4.78 is 19.9. The van der Waals surface area contributed by atoms with Crippen molar-refractivity contribution in [1.82, 2.24) is 14.6 Å². The first-order chi connectivity index (χ1) is 15.4. The van der Waals surface area contributed by atoms with Gasteiger partial charge in [0.2, 0.25) is 5.88 Å². The van der Waals surface area contributed by atoms with Crippen LogP contribution < -0.4 is 15.4 Å². The maximum absolute atomic E-state index is 6.26. The lowest BCUT2D eigenvalue weighted by atomic mass is 9.90. The van der Waals surface area contributed by atoms with Crippen LogP contribution in [-0.4, -0.2) is 52.0 Å². The Hall–Kier alpha value is -3.10. The van der Waals surface area contributed by atoms with E-state index in [0.717, 1.165) is 59.7 Å². The predicted octanol–water partition coefficient (Wildman–Crippen LogP) is 3.63. The zero-order valence-corrected chi connectivity index (χ0v) is 18.3. The molecular weight excluding hydrogens is 406 g/mol. The molecule has 0 spiro atoms. The summed E-state index contributed by atoms with van der Waals surface area (Å²) in [5.74, 6) is 1.30. The zero-order valence-electron chi connectivity index (χ0n) is 18.3. The van der Waals surface area contributed by atoms with Crippen molar-refractivity contribution in [3.63, 3.8) is 0 Å². The van der Waals surface area contributed by atoms with E-state index in [1.54, 1.807) is 10.7 Å². The van der Waals surface area contributed by atoms with Crippen LogP contribution in [0.3, 0.4) is 0 Å². The molecule has 6 rings (SSSR count). The van der Waals surface area contributed by atoms with Gasteiger partial charge in [-0.1, -0.05) is 6.07 Å². The molecule has 8 heteroatoms. The van der Waals surface area contributed by atoms with Crippen LogP contribution in [0.25, 0.3) is 28.1 Å². The number of imidazole rings is 1. The Balaban J connectivity index is 1.37. The molecule has 0 atom stereocenters. The Bertz CT molecular complexity index is 1290. The van der Waals surface area contributed by atoms with E-state index in [1.165, 1.54) is 0 Å². The van der Waals surface area contributed by atoms with Gasteiger partial charge in [0.05, 0.1) is 18.4 Å². The monoisotopic (exact) mass is 433 g/mol. The Labute approximate surface area is 185 Å². The standard InChI is InChI=1S/C24H27N5O3/c1-24(2)14-28(8-9-30-24)18-4-3-5-20-17(18)12-21(32-20)19-13-26-22-6-7-23(27-29(19)22)31-16-10-15(25)11-16/h3-7,12-13,15-16H,8-11,14,25H2,1-2H3/t15-,16-. The molecule has 4 heterocycles. The second kappa shape index (κ2) is 7.21. The van der Waals surface area contributed by atoms with E-state index >= 15 is 0 Å². The van der Waals surface area contributed by atoms with Gasteiger partial charge in [0.15, 0.2) is 11.4 Å². The van der Waals surface area contributed by atoms with Gasteiger partial charge >= 0.3 is 0 Å². The second-order valence-electron chi connectivity index (χ2n) is 9.39. The van der Waals surface area contributed by atoms with Gasteiger partial charge in [0, 0.05) is 36.3 Å². The highest BCUT2D eigenvalue weighted by atomic mass is 16.5. The molecule has 1 aliphatic carbocycles. The minimum absolute atomic E-state index is 0.133. The summed E-state index contributed by atoms with van der Waals surface area (Å²) in [7, 11) is 0. The van der Waals surface area contributed by atoms with E-state index in [4.69, 9.17) is 19.6 Å². The van der Waals surface area contributed by atoms with E-state index in [9.17, 15) is 0 Å². The number of hydrogen-bond donors (Lipinski definition) is 1. The molecule has 2 aliphatic rings. The molecule has 1 aliphatic heterocycles. The minimum Gasteiger partial charge on any atom is -0.473 e. The van der Waals surface area contributed by atoms with Crippen LogP contribution in [0, 0.1) is 0 Å². The van der Waals surface area contributed by atoms with Crippen LogP contribution in [0.2, 0.25) is 0 Å². The van der Waals surface area contributed by atoms with Crippen molar-refractivity contribution in [2.75, 3.05) is 24.6 Å². The number of furan rings is 1. The van der Waals surface area contributed by atoms with Crippen LogP contribution in [0.1, 0.15) is 26.7 Å². The molecule has 2 N–H and O–H groups in total. The number of hydrogen-bond acceptors (Lipinski definition) is 7. The number of morpholine rings is 1. The van der Waals surface area contributed by atoms with Gasteiger partial charge in [-0.3, -0.25) is 0 Å². The summed E-state index contributed by atoms with van der Waals surface area (Å²) in [5.41, 5.74) is 9.22. The molecule has 1 saturated carbocycles. The van der Waals surface area contributed by atoms with Gasteiger partial charge in [-0.25, -0.2) is 9.50 Å². The number of fused-ring (bicyclic) bond motifs is 2. The lowest BCUT2D eigenvalue weighted by Crippen LogP contribution is -2.48. The number of aromatic nitrogens is 3. The molecule has 1 aromatic carbocycles. The third kappa shape index (κ3) is 3.40. The highest BCUT2D eigenvalue weighted by Gasteiger charge is 2.29. The van der Waals surface area contributed by atoms with Crippen molar-refractivity contribution < 1.29 is 13.9 Å². The first kappa shape index (κ1) is 19.6. The average molecular weight is 434 g/mol. The Morgan fingerprint density at radius 1 is 1.19 bits per heavy atom. The topological polar surface area (TPSA) is 91.0 Å². The van der Waals surface area contributed by atoms with Gasteiger partial charge in [-0.2, -0.15) is 0 Å². The summed E-state index contributed by atoms with van der Waals surface area (Å²) in [4.78, 5) is 6.87. The maximum atomic E-state index is 6.26. The Morgan fingerprint density at radius 2 is 2.06 bits per heavy atom. The molecule has 0 unspecified atom stereocenters. The van der Waals surface area contributed by atoms with Gasteiger partial charge < -0.3 is 24.5 Å². The molecule has 0 radical (unpaired) electrons. The van der Waals surface area contributed by atoms with Crippen molar-refractivity contribution in [2.45, 2.75) is 44.4 Å². The molecule has 32 heavy (non-hydrogen) atoms. The zero-order chi connectivity index (χ0) is 21.9. The molecule has 166 valence electrons. The predicted molar refractivity (Wildman–Crippen MR) is 122 cm³/mol. The van der Waals surface area contributed by atoms with Crippen LogP contribution in [0.15, 0.2) is 47.0 Å². The lowest BCUT2D eigenvalue weighted by molar-refractivity contribution is -0.0276. The van der Waals surface area contributed by atoms with E-state index in [-0.39, 0.29) is 17.7 Å². The SMILES string of the molecule is CC1(C)CN(c2cccc3oc(-c4cnc5ccc(O[C@H]6C[C@H](N)C6)nn45)cc23)CCO1. The number of ether oxygens (including phenoxy) is 2. The minimum atomic E-state index is -0.181. The molecular formula is C24H27N5O3. The summed E-state index contributed by atoms with van der Waals surface area (Å²) in [6, 6.07) is 12.3. The van der Waals surface area contributed by atoms with Crippen molar-refractivity contribution in [3.05, 3.63) is 42.6 Å². The van der Waals surface area contributed by atoms with Crippen molar-refractivity contribution in [3.8, 4) is 17.3 Å². The van der Waals surface area contributed by atoms with Crippen molar-refractivity contribution in [2.24, 2.45) is 5.73 Å². The first-order valence-electron chi connectivity index (χ1n) is 11.1. The van der Waals surface area contributed by atoms with E-state index in [0.29, 0.717) is 12.5 Å². The molecule has 0 amide bonds. The van der Waals surface area contributed by atoms with Crippen LogP contribution >= 0.6 is 0 Å². The number of benzene rings is 1. The summed E-state index contributed by atoms with van der Waals surface area (Å²) >= 11 is 0. The smallest absolute Gasteiger partial charge is 0.232 e. The van der Waals surface area contributed by atoms with Crippen molar-refractivity contribution >= 4 is 22.3 Å². The molecule has 1 saturated heterocycles. The van der Waals surface area contributed by atoms with Crippen LogP contribution in [0.5, 0.6) is 5.88 Å². The molecule has 8 nitrogen and oxygen atoms in total. The fourth-order valence-electron chi connectivity index (χ4n) is 4.63. The fraction of sp³-hybridized carbons (Fsp3) is 0.417. The average Bonchev–Trinajstić information content (AvgIpc) is 3.35. The fourth-order valence-corrected chi connectivity index (χ4v) is 4.63. The van der Waals surface area contributed by atoms with Crippen molar-refractivity contribution in [1.29, 1.82) is 0 Å². The highest BCUT2D eigenvalue weighted by molar-refractivity contribution is 5.94. The first-order valence-corrected chi connectivity index (χ1v) is 11.1. The molecule has 2 fully saturated rings. The molecule has 4 aromatic rings. The Morgan fingerprint density at radius 3 is 2.88 bits per heavy atom. The highest BCUT2D eigenvalue weighted by Crippen LogP contribution is 2.36. The van der Waals surface area contributed by atoms with Crippen LogP contribution in [-0.2, 0) is 4.74 Å². The summed E-state index contributed by atoms with van der Waals surface area (Å²) in [5, 5.41) is 5.74. The van der Waals surface area contributed by atoms with Gasteiger partial charge in [0.25, 0.3) is 0 Å². The Kier molecular flexibility index (Phi) is 4.41. The number of anilines is 1. The normalized spacial score (nSPS) is 22.9. The number of nitrogens with zero attached hydrogens (tertiary/aromatic N) is 4. The van der Waals surface area contributed by atoms with Gasteiger partial charge in [-0.15, -0.1) is 5.10 Å². The third-order valence-corrected chi connectivity index (χ3v) is 6.31. The van der Waals surface area contributed by atoms with Gasteiger partial charge in [-0.05, 0) is 51.0 Å². The summed E-state index contributed by atoms with van der Waals surface area (Å²) in [6.45, 7) is 6.64. The lowest BCUT2D eigenvalue weighted by Gasteiger charge is -2.39. The van der Waals surface area contributed by atoms with E-state index in [2.05, 4.69) is 41.0 Å². The molecule has 0 bridgehead atoms. The van der Waals surface area contributed by atoms with E-state index in [1.807, 2.05) is 24.3 Å². The quantitative estimate of drug-likeness (QED) is 0.525. The van der Waals surface area contributed by atoms with Gasteiger partial charge in [0.1, 0.15) is 17.4 Å². The number of nitrogens with two attached hydrogens (primary N) is 1. The van der Waals surface area contributed by atoms with Crippen LogP contribution in [0.4, 0.5) is 5.69 Å². The third-order valence-electron chi connectivity index (χ3n) is 6.31. The maximum Gasteiger partial charge on any atom is 0.232 e. The largest absolute Gasteiger partial charge is 0.473 e. The number of rotatable bonds is 4. The summed E-state index contributed by atoms with van der Waals surface area (Å²) in [6.07, 6.45) is 3.65.